The van der Waals surface area contributed by atoms with Gasteiger partial charge in [-0.1, -0.05) is 35.7 Å². The molecule has 0 aliphatic heterocycles. The molecule has 2 aromatic rings. The van der Waals surface area contributed by atoms with Gasteiger partial charge in [0, 0.05) is 10.0 Å². The van der Waals surface area contributed by atoms with Gasteiger partial charge in [0.25, 0.3) is 11.8 Å². The minimum atomic E-state index is -0.469. The molecule has 0 fully saturated rings. The van der Waals surface area contributed by atoms with Gasteiger partial charge in [-0.2, -0.15) is 0 Å². The zero-order valence-corrected chi connectivity index (χ0v) is 19.6. The molecule has 2 aromatic carbocycles. The molecule has 6 nitrogen and oxygen atoms in total. The lowest BCUT2D eigenvalue weighted by Crippen LogP contribution is -2.43. The molecule has 0 heterocycles. The molecule has 0 saturated carbocycles. The SMILES string of the molecule is CCCCCOc1ccc(C(=O)NNC(=O)COc2c(C)cc(Br)cc2Br)cc1. The summed E-state index contributed by atoms with van der Waals surface area (Å²) >= 11 is 6.80. The Kier molecular flexibility index (Phi) is 9.47. The fourth-order valence-electron chi connectivity index (χ4n) is 2.49. The standard InChI is InChI=1S/C21H24Br2N2O4/c1-3-4-5-10-28-17-8-6-15(7-9-17)21(27)25-24-19(26)13-29-20-14(2)11-16(22)12-18(20)23/h6-9,11-12H,3-5,10,13H2,1-2H3,(H,24,26)(H,25,27). The van der Waals surface area contributed by atoms with E-state index in [-0.39, 0.29) is 6.61 Å². The van der Waals surface area contributed by atoms with E-state index in [2.05, 4.69) is 49.6 Å². The van der Waals surface area contributed by atoms with Crippen molar-refractivity contribution in [1.82, 2.24) is 10.9 Å². The van der Waals surface area contributed by atoms with Crippen LogP contribution in [0.2, 0.25) is 0 Å². The maximum absolute atomic E-state index is 12.2. The molecule has 0 spiro atoms. The molecule has 156 valence electrons. The number of nitrogens with one attached hydrogen (secondary N) is 2. The topological polar surface area (TPSA) is 76.7 Å². The smallest absolute Gasteiger partial charge is 0.276 e. The quantitative estimate of drug-likeness (QED) is 0.358. The fourth-order valence-corrected chi connectivity index (χ4v) is 4.04. The summed E-state index contributed by atoms with van der Waals surface area (Å²) in [5.74, 6) is 0.398. The van der Waals surface area contributed by atoms with Crippen molar-refractivity contribution in [2.45, 2.75) is 33.1 Å². The highest BCUT2D eigenvalue weighted by atomic mass is 79.9. The summed E-state index contributed by atoms with van der Waals surface area (Å²) in [6, 6.07) is 10.5. The average molecular weight is 528 g/mol. The van der Waals surface area contributed by atoms with Gasteiger partial charge in [-0.3, -0.25) is 20.4 Å². The van der Waals surface area contributed by atoms with E-state index in [9.17, 15) is 9.59 Å². The lowest BCUT2D eigenvalue weighted by Gasteiger charge is -2.12. The second kappa shape index (κ2) is 11.8. The largest absolute Gasteiger partial charge is 0.494 e. The Balaban J connectivity index is 1.77. The van der Waals surface area contributed by atoms with Gasteiger partial charge in [-0.05, 0) is 71.2 Å². The Morgan fingerprint density at radius 2 is 1.72 bits per heavy atom. The van der Waals surface area contributed by atoms with E-state index < -0.39 is 11.8 Å². The molecule has 0 aliphatic rings. The van der Waals surface area contributed by atoms with Gasteiger partial charge < -0.3 is 9.47 Å². The first-order chi connectivity index (χ1) is 13.9. The van der Waals surface area contributed by atoms with Crippen molar-refractivity contribution in [2.24, 2.45) is 0 Å². The van der Waals surface area contributed by atoms with Crippen molar-refractivity contribution in [2.75, 3.05) is 13.2 Å². The van der Waals surface area contributed by atoms with E-state index in [1.54, 1.807) is 24.3 Å². The second-order valence-corrected chi connectivity index (χ2v) is 8.17. The molecule has 0 aliphatic carbocycles. The van der Waals surface area contributed by atoms with E-state index in [0.29, 0.717) is 23.7 Å². The van der Waals surface area contributed by atoms with Crippen LogP contribution in [-0.4, -0.2) is 25.0 Å². The molecule has 0 aromatic heterocycles. The number of ether oxygens (including phenoxy) is 2. The van der Waals surface area contributed by atoms with Crippen molar-refractivity contribution in [3.8, 4) is 11.5 Å². The van der Waals surface area contributed by atoms with Crippen LogP contribution in [0, 0.1) is 6.92 Å². The van der Waals surface area contributed by atoms with Crippen LogP contribution in [0.3, 0.4) is 0 Å². The summed E-state index contributed by atoms with van der Waals surface area (Å²) < 4.78 is 12.8. The number of hydrogen-bond acceptors (Lipinski definition) is 4. The first-order valence-electron chi connectivity index (χ1n) is 9.31. The van der Waals surface area contributed by atoms with Gasteiger partial charge in [-0.15, -0.1) is 0 Å². The number of hydrogen-bond donors (Lipinski definition) is 2. The van der Waals surface area contributed by atoms with Crippen LogP contribution in [0.4, 0.5) is 0 Å². The Labute approximate surface area is 187 Å². The molecular weight excluding hydrogens is 504 g/mol. The van der Waals surface area contributed by atoms with Gasteiger partial charge in [0.05, 0.1) is 11.1 Å². The van der Waals surface area contributed by atoms with Gasteiger partial charge >= 0.3 is 0 Å². The predicted molar refractivity (Wildman–Crippen MR) is 119 cm³/mol. The zero-order chi connectivity index (χ0) is 21.2. The predicted octanol–water partition coefficient (Wildman–Crippen LogP) is 4.93. The number of hydrazine groups is 1. The summed E-state index contributed by atoms with van der Waals surface area (Å²) in [5.41, 5.74) is 6.01. The van der Waals surface area contributed by atoms with Crippen molar-refractivity contribution in [3.63, 3.8) is 0 Å². The Morgan fingerprint density at radius 1 is 1.00 bits per heavy atom. The Bertz CT molecular complexity index is 818. The molecule has 0 unspecified atom stereocenters. The van der Waals surface area contributed by atoms with Crippen LogP contribution in [-0.2, 0) is 4.79 Å². The summed E-state index contributed by atoms with van der Waals surface area (Å²) in [6.07, 6.45) is 3.27. The van der Waals surface area contributed by atoms with Gasteiger partial charge in [0.1, 0.15) is 11.5 Å². The summed E-state index contributed by atoms with van der Waals surface area (Å²) in [5, 5.41) is 0. The van der Waals surface area contributed by atoms with Crippen LogP contribution >= 0.6 is 31.9 Å². The van der Waals surface area contributed by atoms with Crippen molar-refractivity contribution in [3.05, 3.63) is 56.5 Å². The Morgan fingerprint density at radius 3 is 2.38 bits per heavy atom. The van der Waals surface area contributed by atoms with Gasteiger partial charge in [0.15, 0.2) is 6.61 Å². The molecule has 0 saturated heterocycles. The minimum absolute atomic E-state index is 0.230. The number of unbranched alkanes of at least 4 members (excludes halogenated alkanes) is 2. The lowest BCUT2D eigenvalue weighted by molar-refractivity contribution is -0.123. The molecule has 29 heavy (non-hydrogen) atoms. The highest BCUT2D eigenvalue weighted by molar-refractivity contribution is 9.11. The highest BCUT2D eigenvalue weighted by Gasteiger charge is 2.11. The van der Waals surface area contributed by atoms with Gasteiger partial charge in [0.2, 0.25) is 0 Å². The number of rotatable bonds is 9. The molecule has 0 radical (unpaired) electrons. The van der Waals surface area contributed by atoms with Gasteiger partial charge in [-0.25, -0.2) is 0 Å². The molecule has 0 bridgehead atoms. The maximum atomic E-state index is 12.2. The van der Waals surface area contributed by atoms with Crippen molar-refractivity contribution in [1.29, 1.82) is 0 Å². The normalized spacial score (nSPS) is 10.3. The number of halogens is 2. The summed E-state index contributed by atoms with van der Waals surface area (Å²) in [4.78, 5) is 24.1. The highest BCUT2D eigenvalue weighted by Crippen LogP contribution is 2.32. The van der Waals surface area contributed by atoms with Crippen LogP contribution < -0.4 is 20.3 Å². The summed E-state index contributed by atoms with van der Waals surface area (Å²) in [6.45, 7) is 4.44. The number of carbonyl (C=O) groups excluding carboxylic acids is 2. The van der Waals surface area contributed by atoms with Crippen LogP contribution in [0.1, 0.15) is 42.1 Å². The van der Waals surface area contributed by atoms with E-state index >= 15 is 0 Å². The number of benzene rings is 2. The van der Waals surface area contributed by atoms with Crippen molar-refractivity contribution >= 4 is 43.7 Å². The molecule has 2 rings (SSSR count). The first kappa shape index (κ1) is 23.2. The minimum Gasteiger partial charge on any atom is -0.494 e. The average Bonchev–Trinajstić information content (AvgIpc) is 2.69. The zero-order valence-electron chi connectivity index (χ0n) is 16.4. The number of aryl methyl sites for hydroxylation is 1. The maximum Gasteiger partial charge on any atom is 0.276 e. The monoisotopic (exact) mass is 526 g/mol. The number of amides is 2. The fraction of sp³-hybridized carbons (Fsp3) is 0.333. The third-order valence-corrected chi connectivity index (χ3v) is 5.04. The first-order valence-corrected chi connectivity index (χ1v) is 10.9. The van der Waals surface area contributed by atoms with Crippen LogP contribution in [0.15, 0.2) is 45.3 Å². The third-order valence-electron chi connectivity index (χ3n) is 3.99. The molecule has 0 atom stereocenters. The van der Waals surface area contributed by atoms with Crippen LogP contribution in [0.5, 0.6) is 11.5 Å². The lowest BCUT2D eigenvalue weighted by atomic mass is 10.2. The van der Waals surface area contributed by atoms with E-state index in [0.717, 1.165) is 33.8 Å². The summed E-state index contributed by atoms with van der Waals surface area (Å²) in [7, 11) is 0. The number of carbonyl (C=O) groups is 2. The second-order valence-electron chi connectivity index (χ2n) is 6.40. The molecule has 2 amide bonds. The van der Waals surface area contributed by atoms with E-state index in [4.69, 9.17) is 9.47 Å². The molecule has 2 N–H and O–H groups in total. The molecular formula is C21H24Br2N2O4. The Hall–Kier alpha value is -2.06. The van der Waals surface area contributed by atoms with E-state index in [1.165, 1.54) is 0 Å². The molecule has 8 heteroatoms. The van der Waals surface area contributed by atoms with E-state index in [1.807, 2.05) is 19.1 Å². The van der Waals surface area contributed by atoms with Crippen LogP contribution in [0.25, 0.3) is 0 Å². The van der Waals surface area contributed by atoms with Crippen molar-refractivity contribution < 1.29 is 19.1 Å². The third kappa shape index (κ3) is 7.70.